The topological polar surface area (TPSA) is 90.7 Å². The van der Waals surface area contributed by atoms with Crippen LogP contribution in [0.15, 0.2) is 23.2 Å². The minimum Gasteiger partial charge on any atom is -0.493 e. The lowest BCUT2D eigenvalue weighted by atomic mass is 10.0. The Morgan fingerprint density at radius 2 is 2.22 bits per heavy atom. The average molecular weight is 245 g/mol. The number of nitrogens with zero attached hydrogens (tertiary/aromatic N) is 1. The monoisotopic (exact) mass is 245 g/mol. The van der Waals surface area contributed by atoms with Gasteiger partial charge in [0, 0.05) is 18.3 Å². The molecule has 1 heterocycles. The zero-order valence-electron chi connectivity index (χ0n) is 9.93. The number of rotatable bonds is 2. The molecule has 0 saturated heterocycles. The minimum absolute atomic E-state index is 0.0946. The predicted molar refractivity (Wildman–Crippen MR) is 67.3 cm³/mol. The lowest BCUT2D eigenvalue weighted by Gasteiger charge is -2.06. The van der Waals surface area contributed by atoms with Crippen molar-refractivity contribution < 1.29 is 9.53 Å². The summed E-state index contributed by atoms with van der Waals surface area (Å²) in [7, 11) is 0. The highest BCUT2D eigenvalue weighted by Gasteiger charge is 2.46. The summed E-state index contributed by atoms with van der Waals surface area (Å²) in [6.07, 6.45) is 1.75. The van der Waals surface area contributed by atoms with E-state index in [9.17, 15) is 4.79 Å². The van der Waals surface area contributed by atoms with Gasteiger partial charge in [0.2, 0.25) is 0 Å². The summed E-state index contributed by atoms with van der Waals surface area (Å²) in [5, 5.41) is 0. The van der Waals surface area contributed by atoms with Gasteiger partial charge in [0.25, 0.3) is 5.91 Å². The van der Waals surface area contributed by atoms with E-state index in [0.29, 0.717) is 0 Å². The molecule has 94 valence electrons. The molecular formula is C13H15N3O2. The lowest BCUT2D eigenvalue weighted by Crippen LogP contribution is -2.24. The molecule has 0 radical (unpaired) electrons. The fraction of sp³-hybridized carbons (Fsp3) is 0.385. The number of carbonyl (C=O) groups is 1. The highest BCUT2D eigenvalue weighted by atomic mass is 16.5. The average Bonchev–Trinajstić information content (AvgIpc) is 2.97. The predicted octanol–water partition coefficient (Wildman–Crippen LogP) is 0.525. The molecule has 5 nitrogen and oxygen atoms in total. The maximum absolute atomic E-state index is 11.7. The first-order valence-electron chi connectivity index (χ1n) is 6.05. The maximum atomic E-state index is 11.7. The Labute approximate surface area is 105 Å². The van der Waals surface area contributed by atoms with Gasteiger partial charge in [0.15, 0.2) is 5.96 Å². The molecule has 0 spiro atoms. The number of fused-ring (bicyclic) bond motifs is 1. The summed E-state index contributed by atoms with van der Waals surface area (Å²) in [6.45, 7) is 0.728. The third-order valence-corrected chi connectivity index (χ3v) is 3.49. The van der Waals surface area contributed by atoms with Gasteiger partial charge in [-0.1, -0.05) is 18.2 Å². The third kappa shape index (κ3) is 1.81. The van der Waals surface area contributed by atoms with Crippen molar-refractivity contribution in [3.8, 4) is 5.75 Å². The van der Waals surface area contributed by atoms with Crippen LogP contribution in [0.3, 0.4) is 0 Å². The zero-order valence-corrected chi connectivity index (χ0v) is 9.93. The van der Waals surface area contributed by atoms with E-state index >= 15 is 0 Å². The summed E-state index contributed by atoms with van der Waals surface area (Å²) in [6, 6.07) is 6.11. The lowest BCUT2D eigenvalue weighted by molar-refractivity contribution is -0.119. The standard InChI is InChI=1S/C13H15N3O2/c14-13(15)16-12(17)10-6-9(10)8-3-1-2-7-4-5-18-11(7)8/h1-3,9-10H,4-6H2,(H4,14,15,16,17)/t9-,10+/m1/s1. The molecule has 4 N–H and O–H groups in total. The summed E-state index contributed by atoms with van der Waals surface area (Å²) in [5.41, 5.74) is 12.8. The van der Waals surface area contributed by atoms with E-state index in [-0.39, 0.29) is 23.7 Å². The summed E-state index contributed by atoms with van der Waals surface area (Å²) >= 11 is 0. The Kier molecular flexibility index (Phi) is 2.47. The maximum Gasteiger partial charge on any atom is 0.252 e. The van der Waals surface area contributed by atoms with Gasteiger partial charge in [-0.2, -0.15) is 4.99 Å². The summed E-state index contributed by atoms with van der Waals surface area (Å²) in [4.78, 5) is 15.3. The molecule has 1 saturated carbocycles. The van der Waals surface area contributed by atoms with E-state index in [1.54, 1.807) is 0 Å². The van der Waals surface area contributed by atoms with Gasteiger partial charge < -0.3 is 16.2 Å². The normalized spacial score (nSPS) is 24.0. The van der Waals surface area contributed by atoms with Crippen LogP contribution in [-0.2, 0) is 11.2 Å². The SMILES string of the molecule is NC(N)=NC(=O)[C@H]1C[C@@H]1c1cccc2c1OCC2. The Morgan fingerprint density at radius 1 is 1.39 bits per heavy atom. The van der Waals surface area contributed by atoms with Crippen LogP contribution in [0.1, 0.15) is 23.5 Å². The van der Waals surface area contributed by atoms with Gasteiger partial charge in [-0.15, -0.1) is 0 Å². The van der Waals surface area contributed by atoms with Crippen molar-refractivity contribution in [3.05, 3.63) is 29.3 Å². The molecule has 0 aromatic heterocycles. The second-order valence-electron chi connectivity index (χ2n) is 4.76. The molecule has 1 aliphatic heterocycles. The quantitative estimate of drug-likeness (QED) is 0.587. The van der Waals surface area contributed by atoms with Crippen molar-refractivity contribution in [2.45, 2.75) is 18.8 Å². The number of amides is 1. The van der Waals surface area contributed by atoms with E-state index in [1.807, 2.05) is 12.1 Å². The van der Waals surface area contributed by atoms with Crippen molar-refractivity contribution in [2.24, 2.45) is 22.4 Å². The number of aliphatic imine (C=N–C) groups is 1. The molecule has 1 fully saturated rings. The molecule has 18 heavy (non-hydrogen) atoms. The van der Waals surface area contributed by atoms with Crippen LogP contribution in [0, 0.1) is 5.92 Å². The van der Waals surface area contributed by atoms with Crippen LogP contribution in [0.2, 0.25) is 0 Å². The van der Waals surface area contributed by atoms with Crippen LogP contribution in [0.5, 0.6) is 5.75 Å². The fourth-order valence-corrected chi connectivity index (χ4v) is 2.55. The van der Waals surface area contributed by atoms with Crippen molar-refractivity contribution >= 4 is 11.9 Å². The van der Waals surface area contributed by atoms with Gasteiger partial charge in [0.1, 0.15) is 5.75 Å². The van der Waals surface area contributed by atoms with Crippen LogP contribution in [-0.4, -0.2) is 18.5 Å². The molecule has 3 rings (SSSR count). The Balaban J connectivity index is 1.81. The molecular weight excluding hydrogens is 230 g/mol. The van der Waals surface area contributed by atoms with Crippen LogP contribution in [0.4, 0.5) is 0 Å². The van der Waals surface area contributed by atoms with Crippen molar-refractivity contribution in [1.82, 2.24) is 0 Å². The van der Waals surface area contributed by atoms with Gasteiger partial charge in [-0.05, 0) is 17.5 Å². The molecule has 1 aromatic rings. The largest absolute Gasteiger partial charge is 0.493 e. The second-order valence-corrected chi connectivity index (χ2v) is 4.76. The van der Waals surface area contributed by atoms with Crippen molar-refractivity contribution in [2.75, 3.05) is 6.61 Å². The van der Waals surface area contributed by atoms with E-state index in [2.05, 4.69) is 11.1 Å². The van der Waals surface area contributed by atoms with Gasteiger partial charge in [0.05, 0.1) is 6.61 Å². The molecule has 0 unspecified atom stereocenters. The fourth-order valence-electron chi connectivity index (χ4n) is 2.55. The number of nitrogens with two attached hydrogens (primary N) is 2. The highest BCUT2D eigenvalue weighted by molar-refractivity contribution is 5.94. The van der Waals surface area contributed by atoms with Crippen molar-refractivity contribution in [1.29, 1.82) is 0 Å². The van der Waals surface area contributed by atoms with E-state index in [0.717, 1.165) is 30.8 Å². The zero-order chi connectivity index (χ0) is 12.7. The molecule has 5 heteroatoms. The summed E-state index contributed by atoms with van der Waals surface area (Å²) in [5.74, 6) is 0.676. The molecule has 1 aliphatic carbocycles. The highest BCUT2D eigenvalue weighted by Crippen LogP contribution is 2.52. The number of guanidine groups is 1. The number of ether oxygens (including phenoxy) is 1. The van der Waals surface area contributed by atoms with Gasteiger partial charge in [-0.3, -0.25) is 4.79 Å². The minimum atomic E-state index is -0.226. The number of hydrogen-bond donors (Lipinski definition) is 2. The first kappa shape index (κ1) is 11.1. The molecule has 1 aromatic carbocycles. The molecule has 1 amide bonds. The Hall–Kier alpha value is -2.04. The summed E-state index contributed by atoms with van der Waals surface area (Å²) < 4.78 is 5.64. The number of hydrogen-bond acceptors (Lipinski definition) is 2. The number of carbonyl (C=O) groups excluding carboxylic acids is 1. The Morgan fingerprint density at radius 3 is 3.00 bits per heavy atom. The smallest absolute Gasteiger partial charge is 0.252 e. The molecule has 2 aliphatic rings. The van der Waals surface area contributed by atoms with E-state index < -0.39 is 0 Å². The number of para-hydroxylation sites is 1. The van der Waals surface area contributed by atoms with E-state index in [1.165, 1.54) is 5.56 Å². The molecule has 2 atom stereocenters. The van der Waals surface area contributed by atoms with Crippen molar-refractivity contribution in [3.63, 3.8) is 0 Å². The second kappa shape index (κ2) is 4.01. The van der Waals surface area contributed by atoms with E-state index in [4.69, 9.17) is 16.2 Å². The van der Waals surface area contributed by atoms with Crippen LogP contribution < -0.4 is 16.2 Å². The van der Waals surface area contributed by atoms with Gasteiger partial charge in [-0.25, -0.2) is 0 Å². The Bertz CT molecular complexity index is 535. The number of benzene rings is 1. The molecule has 0 bridgehead atoms. The van der Waals surface area contributed by atoms with Gasteiger partial charge >= 0.3 is 0 Å². The van der Waals surface area contributed by atoms with Crippen LogP contribution in [0.25, 0.3) is 0 Å². The third-order valence-electron chi connectivity index (χ3n) is 3.49. The first-order valence-corrected chi connectivity index (χ1v) is 6.05. The first-order chi connectivity index (χ1) is 8.66. The van der Waals surface area contributed by atoms with Crippen LogP contribution >= 0.6 is 0 Å².